The fraction of sp³-hybridized carbons (Fsp3) is 0.417. The Labute approximate surface area is 108 Å². The van der Waals surface area contributed by atoms with Crippen LogP contribution in [-0.2, 0) is 9.59 Å². The summed E-state index contributed by atoms with van der Waals surface area (Å²) in [5, 5.41) is 16.1. The minimum atomic E-state index is -1.13. The van der Waals surface area contributed by atoms with Gasteiger partial charge in [-0.05, 0) is 18.3 Å². The van der Waals surface area contributed by atoms with Crippen molar-refractivity contribution in [2.45, 2.75) is 6.42 Å². The van der Waals surface area contributed by atoms with Gasteiger partial charge in [-0.2, -0.15) is 0 Å². The van der Waals surface area contributed by atoms with E-state index in [0.717, 1.165) is 6.42 Å². The van der Waals surface area contributed by atoms with Crippen LogP contribution in [0.25, 0.3) is 0 Å². The van der Waals surface area contributed by atoms with Crippen molar-refractivity contribution in [1.29, 1.82) is 0 Å². The second-order valence-electron chi connectivity index (χ2n) is 4.65. The highest BCUT2D eigenvalue weighted by molar-refractivity contribution is 7.13. The van der Waals surface area contributed by atoms with Gasteiger partial charge in [0.2, 0.25) is 5.91 Å². The number of carbonyl (C=O) groups excluding carboxylic acids is 2. The van der Waals surface area contributed by atoms with Crippen molar-refractivity contribution in [2.24, 2.45) is 23.7 Å². The predicted molar refractivity (Wildman–Crippen MR) is 63.5 cm³/mol. The lowest BCUT2D eigenvalue weighted by Gasteiger charge is -2.27. The van der Waals surface area contributed by atoms with Gasteiger partial charge in [-0.25, -0.2) is 4.98 Å². The van der Waals surface area contributed by atoms with E-state index in [2.05, 4.69) is 10.3 Å². The highest BCUT2D eigenvalue weighted by Crippen LogP contribution is 2.48. The van der Waals surface area contributed by atoms with Gasteiger partial charge in [0, 0.05) is 23.5 Å². The molecule has 3 rings (SSSR count). The molecule has 1 heterocycles. The molecule has 6 heteroatoms. The molecule has 1 aromatic rings. The Hall–Kier alpha value is -1.69. The molecule has 0 aliphatic heterocycles. The van der Waals surface area contributed by atoms with Crippen LogP contribution in [0.2, 0.25) is 0 Å². The van der Waals surface area contributed by atoms with Gasteiger partial charge in [0.05, 0.1) is 5.92 Å². The second kappa shape index (κ2) is 4.20. The van der Waals surface area contributed by atoms with Gasteiger partial charge in [-0.1, -0.05) is 12.2 Å². The molecule has 1 fully saturated rings. The van der Waals surface area contributed by atoms with E-state index < -0.39 is 17.8 Å². The molecule has 5 nitrogen and oxygen atoms in total. The molecular formula is C12H11N2O3S-. The number of carbonyl (C=O) groups is 2. The topological polar surface area (TPSA) is 82.1 Å². The fourth-order valence-corrected chi connectivity index (χ4v) is 3.51. The van der Waals surface area contributed by atoms with E-state index in [1.165, 1.54) is 11.3 Å². The monoisotopic (exact) mass is 263 g/mol. The zero-order valence-electron chi connectivity index (χ0n) is 9.41. The number of thiazole rings is 1. The molecule has 94 valence electrons. The normalized spacial score (nSPS) is 32.7. The quantitative estimate of drug-likeness (QED) is 0.794. The van der Waals surface area contributed by atoms with Gasteiger partial charge in [0.1, 0.15) is 0 Å². The molecule has 0 aromatic carbocycles. The molecule has 1 aromatic heterocycles. The fourth-order valence-electron chi connectivity index (χ4n) is 2.97. The third-order valence-electron chi connectivity index (χ3n) is 3.70. The number of amides is 1. The number of aromatic nitrogens is 1. The van der Waals surface area contributed by atoms with Crippen molar-refractivity contribution in [3.8, 4) is 0 Å². The van der Waals surface area contributed by atoms with E-state index in [9.17, 15) is 14.7 Å². The first-order valence-electron chi connectivity index (χ1n) is 5.76. The van der Waals surface area contributed by atoms with Gasteiger partial charge in [-0.3, -0.25) is 4.79 Å². The minimum absolute atomic E-state index is 0.0119. The van der Waals surface area contributed by atoms with E-state index >= 15 is 0 Å². The average molecular weight is 263 g/mol. The number of anilines is 1. The number of aliphatic carboxylic acids is 1. The Morgan fingerprint density at radius 3 is 2.67 bits per heavy atom. The van der Waals surface area contributed by atoms with E-state index in [1.807, 2.05) is 12.2 Å². The summed E-state index contributed by atoms with van der Waals surface area (Å²) in [5.74, 6) is -2.69. The lowest BCUT2D eigenvalue weighted by Crippen LogP contribution is -2.42. The Morgan fingerprint density at radius 1 is 1.33 bits per heavy atom. The van der Waals surface area contributed by atoms with Crippen LogP contribution in [0.1, 0.15) is 6.42 Å². The van der Waals surface area contributed by atoms with Crippen LogP contribution < -0.4 is 10.4 Å². The van der Waals surface area contributed by atoms with Gasteiger partial charge in [0.25, 0.3) is 0 Å². The lowest BCUT2D eigenvalue weighted by atomic mass is 9.82. The standard InChI is InChI=1S/C12H12N2O3S/c15-10(14-12-13-3-4-18-12)8-6-1-2-7(5-6)9(8)11(16)17/h1-4,6-9H,5H2,(H,16,17)(H,13,14,15)/p-1/t6-,7+,8+,9+/m1/s1. The Bertz CT molecular complexity index is 511. The molecule has 2 bridgehead atoms. The molecule has 0 saturated heterocycles. The first-order valence-corrected chi connectivity index (χ1v) is 6.64. The van der Waals surface area contributed by atoms with E-state index in [1.54, 1.807) is 11.6 Å². The molecule has 0 spiro atoms. The van der Waals surface area contributed by atoms with Crippen molar-refractivity contribution in [2.75, 3.05) is 5.32 Å². The summed E-state index contributed by atoms with van der Waals surface area (Å²) < 4.78 is 0. The van der Waals surface area contributed by atoms with Crippen LogP contribution >= 0.6 is 11.3 Å². The molecular weight excluding hydrogens is 252 g/mol. The predicted octanol–water partition coefficient (Wildman–Crippen LogP) is 0.270. The number of rotatable bonds is 3. The first kappa shape index (κ1) is 11.4. The summed E-state index contributed by atoms with van der Waals surface area (Å²) >= 11 is 1.32. The van der Waals surface area contributed by atoms with Crippen LogP contribution in [0.3, 0.4) is 0 Å². The van der Waals surface area contributed by atoms with Gasteiger partial charge in [0.15, 0.2) is 5.13 Å². The molecule has 0 unspecified atom stereocenters. The number of carboxylic acid groups (broad SMARTS) is 1. The van der Waals surface area contributed by atoms with Crippen LogP contribution in [0.15, 0.2) is 23.7 Å². The van der Waals surface area contributed by atoms with Crippen molar-refractivity contribution >= 4 is 28.3 Å². The molecule has 4 atom stereocenters. The minimum Gasteiger partial charge on any atom is -0.550 e. The average Bonchev–Trinajstić information content (AvgIpc) is 3.03. The molecule has 2 aliphatic rings. The number of allylic oxidation sites excluding steroid dienone is 2. The Kier molecular flexibility index (Phi) is 2.66. The van der Waals surface area contributed by atoms with Crippen molar-refractivity contribution in [1.82, 2.24) is 4.98 Å². The molecule has 1 amide bonds. The molecule has 18 heavy (non-hydrogen) atoms. The summed E-state index contributed by atoms with van der Waals surface area (Å²) in [4.78, 5) is 27.3. The summed E-state index contributed by atoms with van der Waals surface area (Å²) in [5.41, 5.74) is 0. The van der Waals surface area contributed by atoms with Crippen LogP contribution in [0.5, 0.6) is 0 Å². The lowest BCUT2D eigenvalue weighted by molar-refractivity contribution is -0.313. The summed E-state index contributed by atoms with van der Waals surface area (Å²) in [7, 11) is 0. The van der Waals surface area contributed by atoms with Crippen LogP contribution in [-0.4, -0.2) is 16.9 Å². The van der Waals surface area contributed by atoms with Gasteiger partial charge >= 0.3 is 0 Å². The van der Waals surface area contributed by atoms with Crippen molar-refractivity contribution in [3.05, 3.63) is 23.7 Å². The second-order valence-corrected chi connectivity index (χ2v) is 5.54. The zero-order valence-corrected chi connectivity index (χ0v) is 10.2. The SMILES string of the molecule is O=C(Nc1nccs1)[C@@H]1[C@@H](C(=O)[O-])[C@H]2C=C[C@@H]1C2. The van der Waals surface area contributed by atoms with Crippen LogP contribution in [0, 0.1) is 23.7 Å². The van der Waals surface area contributed by atoms with Gasteiger partial charge < -0.3 is 15.2 Å². The molecule has 2 aliphatic carbocycles. The summed E-state index contributed by atoms with van der Waals surface area (Å²) in [6.07, 6.45) is 6.15. The summed E-state index contributed by atoms with van der Waals surface area (Å²) in [6.45, 7) is 0. The smallest absolute Gasteiger partial charge is 0.230 e. The Morgan fingerprint density at radius 2 is 2.06 bits per heavy atom. The third-order valence-corrected chi connectivity index (χ3v) is 4.39. The third kappa shape index (κ3) is 1.73. The van der Waals surface area contributed by atoms with E-state index in [4.69, 9.17) is 0 Å². The maximum Gasteiger partial charge on any atom is 0.230 e. The highest BCUT2D eigenvalue weighted by atomic mass is 32.1. The summed E-state index contributed by atoms with van der Waals surface area (Å²) in [6, 6.07) is 0. The molecule has 0 radical (unpaired) electrons. The number of nitrogens with zero attached hydrogens (tertiary/aromatic N) is 1. The Balaban J connectivity index is 1.80. The number of hydrogen-bond donors (Lipinski definition) is 1. The number of nitrogens with one attached hydrogen (secondary N) is 1. The van der Waals surface area contributed by atoms with Crippen molar-refractivity contribution < 1.29 is 14.7 Å². The molecule has 1 N–H and O–H groups in total. The van der Waals surface area contributed by atoms with E-state index in [0.29, 0.717) is 5.13 Å². The maximum atomic E-state index is 12.1. The van der Waals surface area contributed by atoms with E-state index in [-0.39, 0.29) is 17.7 Å². The van der Waals surface area contributed by atoms with Gasteiger partial charge in [-0.15, -0.1) is 11.3 Å². The van der Waals surface area contributed by atoms with Crippen LogP contribution in [0.4, 0.5) is 5.13 Å². The number of fused-ring (bicyclic) bond motifs is 2. The molecule has 1 saturated carbocycles. The number of carboxylic acids is 1. The largest absolute Gasteiger partial charge is 0.550 e. The zero-order chi connectivity index (χ0) is 12.7. The highest BCUT2D eigenvalue weighted by Gasteiger charge is 2.48. The number of hydrogen-bond acceptors (Lipinski definition) is 5. The van der Waals surface area contributed by atoms with Crippen molar-refractivity contribution in [3.63, 3.8) is 0 Å². The first-order chi connectivity index (χ1) is 8.66. The maximum absolute atomic E-state index is 12.1.